The maximum atomic E-state index is 13.9. The van der Waals surface area contributed by atoms with Crippen LogP contribution >= 0.6 is 11.6 Å². The zero-order chi connectivity index (χ0) is 22.2. The second-order valence-corrected chi connectivity index (χ2v) is 9.47. The van der Waals surface area contributed by atoms with Crippen LogP contribution in [0.2, 0.25) is 5.02 Å². The Morgan fingerprint density at radius 3 is 2.26 bits per heavy atom. The molecule has 0 saturated carbocycles. The Bertz CT molecular complexity index is 806. The van der Waals surface area contributed by atoms with Gasteiger partial charge >= 0.3 is 6.03 Å². The molecule has 3 saturated heterocycles. The Morgan fingerprint density at radius 2 is 1.68 bits per heavy atom. The molecule has 3 fully saturated rings. The number of hydrogen-bond acceptors (Lipinski definition) is 5. The zero-order valence-electron chi connectivity index (χ0n) is 18.0. The molecule has 9 heteroatoms. The van der Waals surface area contributed by atoms with E-state index in [2.05, 4.69) is 16.8 Å². The largest absolute Gasteiger partial charge is 0.391 e. The molecule has 1 aromatic carbocycles. The van der Waals surface area contributed by atoms with Gasteiger partial charge in [-0.1, -0.05) is 23.7 Å². The summed E-state index contributed by atoms with van der Waals surface area (Å²) in [5.74, 6) is -0.173. The number of likely N-dealkylation sites (tertiary alicyclic amines) is 2. The molecule has 4 rings (SSSR count). The summed E-state index contributed by atoms with van der Waals surface area (Å²) in [4.78, 5) is 34.2. The highest BCUT2D eigenvalue weighted by Gasteiger charge is 2.55. The molecule has 0 aromatic heterocycles. The Balaban J connectivity index is 1.55. The smallest absolute Gasteiger partial charge is 0.316 e. The average Bonchev–Trinajstić information content (AvgIpc) is 3.13. The number of nitrogens with zero attached hydrogens (tertiary/aromatic N) is 4. The highest BCUT2D eigenvalue weighted by atomic mass is 35.5. The Kier molecular flexibility index (Phi) is 6.44. The molecule has 3 amide bonds. The molecule has 3 heterocycles. The summed E-state index contributed by atoms with van der Waals surface area (Å²) in [6.07, 6.45) is 1.63. The number of urea groups is 1. The van der Waals surface area contributed by atoms with Gasteiger partial charge in [0.15, 0.2) is 5.54 Å². The number of carbonyl (C=O) groups is 2. The molecule has 2 atom stereocenters. The van der Waals surface area contributed by atoms with Crippen molar-refractivity contribution in [2.75, 3.05) is 52.9 Å². The van der Waals surface area contributed by atoms with Crippen molar-refractivity contribution in [2.45, 2.75) is 36.9 Å². The third-order valence-corrected chi connectivity index (χ3v) is 7.38. The van der Waals surface area contributed by atoms with Crippen LogP contribution < -0.4 is 5.73 Å². The number of piperidine rings is 1. The molecule has 8 nitrogen and oxygen atoms in total. The maximum Gasteiger partial charge on any atom is 0.316 e. The lowest BCUT2D eigenvalue weighted by Gasteiger charge is -2.45. The first-order valence-electron chi connectivity index (χ1n) is 11.0. The van der Waals surface area contributed by atoms with Crippen LogP contribution in [-0.2, 0) is 10.3 Å². The number of halogens is 1. The van der Waals surface area contributed by atoms with Gasteiger partial charge in [-0.05, 0) is 50.7 Å². The van der Waals surface area contributed by atoms with Gasteiger partial charge in [-0.2, -0.15) is 0 Å². The molecular formula is C22H32ClN5O3. The summed E-state index contributed by atoms with van der Waals surface area (Å²) >= 11 is 6.06. The first kappa shape index (κ1) is 22.3. The van der Waals surface area contributed by atoms with Gasteiger partial charge in [-0.15, -0.1) is 0 Å². The van der Waals surface area contributed by atoms with E-state index in [9.17, 15) is 14.7 Å². The van der Waals surface area contributed by atoms with E-state index < -0.39 is 17.7 Å². The second kappa shape index (κ2) is 8.94. The van der Waals surface area contributed by atoms with Crippen LogP contribution in [0.5, 0.6) is 0 Å². The fraction of sp³-hybridized carbons (Fsp3) is 0.636. The number of aliphatic hydroxyl groups excluding tert-OH is 1. The van der Waals surface area contributed by atoms with E-state index in [-0.39, 0.29) is 18.9 Å². The van der Waals surface area contributed by atoms with Gasteiger partial charge < -0.3 is 25.5 Å². The minimum atomic E-state index is -1.30. The molecular weight excluding hydrogens is 418 g/mol. The average molecular weight is 450 g/mol. The van der Waals surface area contributed by atoms with E-state index in [1.54, 1.807) is 24.3 Å². The summed E-state index contributed by atoms with van der Waals surface area (Å²) in [6, 6.07) is 6.77. The van der Waals surface area contributed by atoms with Crippen molar-refractivity contribution >= 4 is 23.5 Å². The second-order valence-electron chi connectivity index (χ2n) is 9.04. The predicted molar refractivity (Wildman–Crippen MR) is 119 cm³/mol. The number of amides is 3. The van der Waals surface area contributed by atoms with Gasteiger partial charge in [0.25, 0.3) is 5.91 Å². The number of piperazine rings is 1. The Morgan fingerprint density at radius 1 is 1.06 bits per heavy atom. The predicted octanol–water partition coefficient (Wildman–Crippen LogP) is 0.919. The monoisotopic (exact) mass is 449 g/mol. The van der Waals surface area contributed by atoms with Crippen LogP contribution in [0.25, 0.3) is 0 Å². The van der Waals surface area contributed by atoms with Gasteiger partial charge in [0.05, 0.1) is 6.10 Å². The lowest BCUT2D eigenvalue weighted by molar-refractivity contribution is -0.144. The number of carbonyl (C=O) groups excluding carboxylic acids is 2. The number of β-amino-alcohol motifs (C(OH)–C–C–N with tert-alkyl or cyclic N) is 1. The Labute approximate surface area is 188 Å². The molecule has 0 unspecified atom stereocenters. The van der Waals surface area contributed by atoms with Crippen LogP contribution in [0.1, 0.15) is 24.8 Å². The molecule has 3 N–H and O–H groups in total. The number of benzene rings is 1. The van der Waals surface area contributed by atoms with Gasteiger partial charge in [0.1, 0.15) is 0 Å². The number of nitrogens with two attached hydrogens (primary N) is 1. The Hall–Kier alpha value is -1.87. The van der Waals surface area contributed by atoms with Crippen molar-refractivity contribution in [1.29, 1.82) is 0 Å². The molecule has 3 aliphatic heterocycles. The molecule has 0 aliphatic carbocycles. The summed E-state index contributed by atoms with van der Waals surface area (Å²) in [5, 5.41) is 11.0. The lowest BCUT2D eigenvalue weighted by Crippen LogP contribution is -2.61. The fourth-order valence-corrected chi connectivity index (χ4v) is 5.52. The third-order valence-electron chi connectivity index (χ3n) is 7.13. The number of aliphatic hydroxyl groups is 1. The van der Waals surface area contributed by atoms with E-state index in [0.29, 0.717) is 29.7 Å². The fourth-order valence-electron chi connectivity index (χ4n) is 5.40. The summed E-state index contributed by atoms with van der Waals surface area (Å²) in [5.41, 5.74) is 5.00. The van der Waals surface area contributed by atoms with Gasteiger partial charge in [-0.3, -0.25) is 9.69 Å². The van der Waals surface area contributed by atoms with E-state index in [1.165, 1.54) is 4.90 Å². The highest BCUT2D eigenvalue weighted by molar-refractivity contribution is 6.30. The van der Waals surface area contributed by atoms with E-state index >= 15 is 0 Å². The molecule has 0 bridgehead atoms. The van der Waals surface area contributed by atoms with E-state index in [0.717, 1.165) is 39.0 Å². The van der Waals surface area contributed by atoms with Crippen molar-refractivity contribution in [2.24, 2.45) is 5.73 Å². The number of rotatable bonds is 3. The third kappa shape index (κ3) is 4.26. The van der Waals surface area contributed by atoms with Gasteiger partial charge in [0.2, 0.25) is 0 Å². The zero-order valence-corrected chi connectivity index (χ0v) is 18.8. The minimum absolute atomic E-state index is 0.0409. The topological polar surface area (TPSA) is 93.3 Å². The normalized spacial score (nSPS) is 28.8. The molecule has 0 radical (unpaired) electrons. The summed E-state index contributed by atoms with van der Waals surface area (Å²) in [6.45, 7) is 5.08. The van der Waals surface area contributed by atoms with E-state index in [4.69, 9.17) is 17.3 Å². The maximum absolute atomic E-state index is 13.9. The van der Waals surface area contributed by atoms with Crippen molar-refractivity contribution in [3.05, 3.63) is 34.9 Å². The number of hydrogen-bond donors (Lipinski definition) is 2. The van der Waals surface area contributed by atoms with Crippen molar-refractivity contribution in [3.63, 3.8) is 0 Å². The highest BCUT2D eigenvalue weighted by Crippen LogP contribution is 2.41. The molecule has 3 aliphatic rings. The molecule has 31 heavy (non-hydrogen) atoms. The van der Waals surface area contributed by atoms with Gasteiger partial charge in [0, 0.05) is 50.2 Å². The SMILES string of the molecule is CN1CCC(N2CCN(C(=O)[C@]3(c4ccc(Cl)cc4)C[C@@H](O)CN3C(N)=O)CC2)CC1. The quantitative estimate of drug-likeness (QED) is 0.715. The molecule has 170 valence electrons. The van der Waals surface area contributed by atoms with Crippen LogP contribution in [0.4, 0.5) is 4.79 Å². The van der Waals surface area contributed by atoms with Crippen LogP contribution in [-0.4, -0.2) is 102 Å². The molecule has 0 spiro atoms. The van der Waals surface area contributed by atoms with Gasteiger partial charge in [-0.25, -0.2) is 4.79 Å². The standard InChI is InChI=1S/C22H32ClN5O3/c1-25-8-6-18(7-9-25)26-10-12-27(13-11-26)20(30)22(16-2-4-17(23)5-3-16)14-19(29)15-28(22)21(24)31/h2-5,18-19,29H,6-15H2,1H3,(H2,24,31)/t19-,22-/m1/s1. The van der Waals surface area contributed by atoms with Crippen LogP contribution in [0, 0.1) is 0 Å². The van der Waals surface area contributed by atoms with Crippen molar-refractivity contribution < 1.29 is 14.7 Å². The summed E-state index contributed by atoms with van der Waals surface area (Å²) < 4.78 is 0. The summed E-state index contributed by atoms with van der Waals surface area (Å²) in [7, 11) is 2.16. The van der Waals surface area contributed by atoms with Crippen molar-refractivity contribution in [1.82, 2.24) is 19.6 Å². The minimum Gasteiger partial charge on any atom is -0.391 e. The van der Waals surface area contributed by atoms with E-state index in [1.807, 2.05) is 4.90 Å². The lowest BCUT2D eigenvalue weighted by atomic mass is 9.84. The first-order valence-corrected chi connectivity index (χ1v) is 11.4. The molecule has 1 aromatic rings. The first-order chi connectivity index (χ1) is 14.8. The van der Waals surface area contributed by atoms with Crippen molar-refractivity contribution in [3.8, 4) is 0 Å². The number of primary amides is 1. The van der Waals surface area contributed by atoms with Crippen LogP contribution in [0.15, 0.2) is 24.3 Å². The van der Waals surface area contributed by atoms with Crippen LogP contribution in [0.3, 0.4) is 0 Å².